The number of likely N-dealkylation sites (tertiary alicyclic amines) is 1. The van der Waals surface area contributed by atoms with Crippen LogP contribution in [0.3, 0.4) is 0 Å². The predicted octanol–water partition coefficient (Wildman–Crippen LogP) is -1.42. The smallest absolute Gasteiger partial charge is 0.303 e. The molecule has 92 valence electrons. The van der Waals surface area contributed by atoms with Crippen molar-refractivity contribution < 1.29 is 24.3 Å². The van der Waals surface area contributed by atoms with Crippen molar-refractivity contribution in [3.63, 3.8) is 0 Å². The van der Waals surface area contributed by atoms with E-state index in [1.807, 2.05) is 0 Å². The number of carboxylic acid groups (broad SMARTS) is 1. The van der Waals surface area contributed by atoms with Gasteiger partial charge in [0, 0.05) is 19.5 Å². The van der Waals surface area contributed by atoms with Gasteiger partial charge in [0.1, 0.15) is 0 Å². The zero-order valence-corrected chi connectivity index (χ0v) is 9.01. The van der Waals surface area contributed by atoms with Crippen LogP contribution in [0.2, 0.25) is 0 Å². The van der Waals surface area contributed by atoms with Gasteiger partial charge in [0.05, 0.1) is 18.3 Å². The number of fused-ring (bicyclic) bond motifs is 1. The minimum Gasteiger partial charge on any atom is -0.481 e. The lowest BCUT2D eigenvalue weighted by Crippen LogP contribution is -2.35. The first-order valence-corrected chi connectivity index (χ1v) is 5.33. The second-order valence-corrected chi connectivity index (χ2v) is 4.26. The Morgan fingerprint density at radius 1 is 1.18 bits per heavy atom. The number of nitrogens with zero attached hydrogens (tertiary/aromatic N) is 1. The van der Waals surface area contributed by atoms with Crippen molar-refractivity contribution in [2.75, 3.05) is 13.1 Å². The van der Waals surface area contributed by atoms with E-state index in [0.717, 1.165) is 0 Å². The molecule has 0 aliphatic carbocycles. The maximum Gasteiger partial charge on any atom is 0.303 e. The molecule has 2 aliphatic rings. The number of rotatable bonds is 3. The normalized spacial score (nSPS) is 26.9. The average Bonchev–Trinajstić information content (AvgIpc) is 2.79. The lowest BCUT2D eigenvalue weighted by Gasteiger charge is -2.16. The summed E-state index contributed by atoms with van der Waals surface area (Å²) < 4.78 is 0. The highest BCUT2D eigenvalue weighted by Crippen LogP contribution is 2.28. The minimum absolute atomic E-state index is 0.0927. The standard InChI is InChI=1S/C10H12N2O5/c13-7(1-2-8(14)15)12-3-5-6(4-12)10(17)11-9(5)16/h5-6H,1-4H2,(H,14,15)(H,11,16,17)/t5-,6+. The third-order valence-corrected chi connectivity index (χ3v) is 3.15. The Labute approximate surface area is 96.8 Å². The number of carbonyl (C=O) groups excluding carboxylic acids is 3. The molecule has 0 spiro atoms. The number of carbonyl (C=O) groups is 4. The SMILES string of the molecule is O=C(O)CCC(=O)N1C[C@@H]2C(=O)NC(=O)[C@@H]2C1. The Balaban J connectivity index is 1.94. The molecule has 0 radical (unpaired) electrons. The molecule has 2 heterocycles. The highest BCUT2D eigenvalue weighted by molar-refractivity contribution is 6.06. The maximum atomic E-state index is 11.6. The van der Waals surface area contributed by atoms with E-state index in [1.54, 1.807) is 0 Å². The fourth-order valence-corrected chi connectivity index (χ4v) is 2.22. The summed E-state index contributed by atoms with van der Waals surface area (Å²) in [6.07, 6.45) is -0.324. The van der Waals surface area contributed by atoms with Gasteiger partial charge in [0.15, 0.2) is 0 Å². The van der Waals surface area contributed by atoms with Crippen LogP contribution in [0.5, 0.6) is 0 Å². The molecule has 7 nitrogen and oxygen atoms in total. The van der Waals surface area contributed by atoms with Crippen molar-refractivity contribution in [2.24, 2.45) is 11.8 Å². The van der Waals surface area contributed by atoms with Crippen LogP contribution < -0.4 is 5.32 Å². The molecule has 7 heteroatoms. The molecule has 2 atom stereocenters. The number of nitrogens with one attached hydrogen (secondary N) is 1. The van der Waals surface area contributed by atoms with Crippen LogP contribution in [0.4, 0.5) is 0 Å². The zero-order valence-electron chi connectivity index (χ0n) is 9.01. The van der Waals surface area contributed by atoms with E-state index in [9.17, 15) is 19.2 Å². The van der Waals surface area contributed by atoms with E-state index >= 15 is 0 Å². The van der Waals surface area contributed by atoms with E-state index in [-0.39, 0.29) is 43.7 Å². The molecular formula is C10H12N2O5. The van der Waals surface area contributed by atoms with E-state index in [1.165, 1.54) is 4.90 Å². The second kappa shape index (κ2) is 4.15. The van der Waals surface area contributed by atoms with Crippen molar-refractivity contribution in [2.45, 2.75) is 12.8 Å². The van der Waals surface area contributed by atoms with Gasteiger partial charge in [-0.2, -0.15) is 0 Å². The summed E-state index contributed by atoms with van der Waals surface area (Å²) in [6.45, 7) is 0.418. The fraction of sp³-hybridized carbons (Fsp3) is 0.600. The van der Waals surface area contributed by atoms with E-state index < -0.39 is 17.8 Å². The summed E-state index contributed by atoms with van der Waals surface area (Å²) in [5.74, 6) is -2.96. The third-order valence-electron chi connectivity index (χ3n) is 3.15. The van der Waals surface area contributed by atoms with Crippen molar-refractivity contribution in [3.8, 4) is 0 Å². The highest BCUT2D eigenvalue weighted by atomic mass is 16.4. The minimum atomic E-state index is -1.04. The molecule has 0 saturated carbocycles. The van der Waals surface area contributed by atoms with Crippen LogP contribution in [0.25, 0.3) is 0 Å². The van der Waals surface area contributed by atoms with Crippen molar-refractivity contribution in [1.29, 1.82) is 0 Å². The zero-order chi connectivity index (χ0) is 12.6. The van der Waals surface area contributed by atoms with Gasteiger partial charge >= 0.3 is 5.97 Å². The third kappa shape index (κ3) is 2.13. The van der Waals surface area contributed by atoms with Crippen LogP contribution >= 0.6 is 0 Å². The van der Waals surface area contributed by atoms with E-state index in [2.05, 4.69) is 5.32 Å². The number of imide groups is 1. The summed E-state index contributed by atoms with van der Waals surface area (Å²) in [5, 5.41) is 10.7. The molecule has 0 bridgehead atoms. The molecule has 0 unspecified atom stereocenters. The van der Waals surface area contributed by atoms with Gasteiger partial charge in [0.25, 0.3) is 0 Å². The van der Waals surface area contributed by atoms with Crippen LogP contribution in [0, 0.1) is 11.8 Å². The Hall–Kier alpha value is -1.92. The summed E-state index contributed by atoms with van der Waals surface area (Å²) in [7, 11) is 0. The van der Waals surface area contributed by atoms with Crippen molar-refractivity contribution >= 4 is 23.7 Å². The Bertz CT molecular complexity index is 384. The van der Waals surface area contributed by atoms with Gasteiger partial charge in [-0.05, 0) is 0 Å². The molecule has 2 saturated heterocycles. The maximum absolute atomic E-state index is 11.6. The topological polar surface area (TPSA) is 104 Å². The number of hydrogen-bond acceptors (Lipinski definition) is 4. The molecule has 2 aliphatic heterocycles. The summed E-state index contributed by atoms with van der Waals surface area (Å²) in [6, 6.07) is 0. The average molecular weight is 240 g/mol. The van der Waals surface area contributed by atoms with Gasteiger partial charge in [-0.1, -0.05) is 0 Å². The van der Waals surface area contributed by atoms with Gasteiger partial charge in [-0.25, -0.2) is 0 Å². The Kier molecular flexibility index (Phi) is 2.83. The summed E-state index contributed by atoms with van der Waals surface area (Å²) in [4.78, 5) is 46.0. The van der Waals surface area contributed by atoms with Crippen molar-refractivity contribution in [3.05, 3.63) is 0 Å². The molecule has 0 aromatic rings. The van der Waals surface area contributed by atoms with Crippen LogP contribution in [0.1, 0.15) is 12.8 Å². The Morgan fingerprint density at radius 3 is 2.18 bits per heavy atom. The first kappa shape index (κ1) is 11.6. The highest BCUT2D eigenvalue weighted by Gasteiger charge is 2.48. The summed E-state index contributed by atoms with van der Waals surface area (Å²) >= 11 is 0. The van der Waals surface area contributed by atoms with Gasteiger partial charge in [-0.3, -0.25) is 24.5 Å². The predicted molar refractivity (Wildman–Crippen MR) is 53.6 cm³/mol. The quantitative estimate of drug-likeness (QED) is 0.589. The number of aliphatic carboxylic acids is 1. The van der Waals surface area contributed by atoms with Crippen LogP contribution in [-0.4, -0.2) is 46.8 Å². The van der Waals surface area contributed by atoms with E-state index in [0.29, 0.717) is 0 Å². The molecular weight excluding hydrogens is 228 g/mol. The van der Waals surface area contributed by atoms with Gasteiger partial charge in [-0.15, -0.1) is 0 Å². The fourth-order valence-electron chi connectivity index (χ4n) is 2.22. The number of carboxylic acids is 1. The molecule has 17 heavy (non-hydrogen) atoms. The molecule has 2 fully saturated rings. The largest absolute Gasteiger partial charge is 0.481 e. The molecule has 2 rings (SSSR count). The Morgan fingerprint density at radius 2 is 1.71 bits per heavy atom. The van der Waals surface area contributed by atoms with Gasteiger partial charge < -0.3 is 10.0 Å². The van der Waals surface area contributed by atoms with Crippen LogP contribution in [0.15, 0.2) is 0 Å². The molecule has 0 aromatic carbocycles. The number of amides is 3. The van der Waals surface area contributed by atoms with Crippen LogP contribution in [-0.2, 0) is 19.2 Å². The molecule has 3 amide bonds. The van der Waals surface area contributed by atoms with E-state index in [4.69, 9.17) is 5.11 Å². The first-order valence-electron chi connectivity index (χ1n) is 5.33. The molecule has 0 aromatic heterocycles. The summed E-state index contributed by atoms with van der Waals surface area (Å²) in [5.41, 5.74) is 0. The van der Waals surface area contributed by atoms with Gasteiger partial charge in [0.2, 0.25) is 17.7 Å². The monoisotopic (exact) mass is 240 g/mol. The lowest BCUT2D eigenvalue weighted by atomic mass is 10.00. The lowest BCUT2D eigenvalue weighted by molar-refractivity contribution is -0.141. The molecule has 2 N–H and O–H groups in total. The second-order valence-electron chi connectivity index (χ2n) is 4.26. The number of hydrogen-bond donors (Lipinski definition) is 2. The van der Waals surface area contributed by atoms with Crippen molar-refractivity contribution in [1.82, 2.24) is 10.2 Å². The first-order chi connectivity index (χ1) is 7.99.